The van der Waals surface area contributed by atoms with Gasteiger partial charge in [0.25, 0.3) is 5.91 Å². The van der Waals surface area contributed by atoms with Gasteiger partial charge < -0.3 is 19.5 Å². The lowest BCUT2D eigenvalue weighted by atomic mass is 10.1. The summed E-state index contributed by atoms with van der Waals surface area (Å²) in [6, 6.07) is 5.12. The topological polar surface area (TPSA) is 59.0 Å². The van der Waals surface area contributed by atoms with E-state index >= 15 is 0 Å². The number of methoxy groups -OCH3 is 1. The molecule has 0 spiro atoms. The first-order valence-corrected chi connectivity index (χ1v) is 5.64. The highest BCUT2D eigenvalue weighted by Crippen LogP contribution is 2.29. The van der Waals surface area contributed by atoms with Crippen LogP contribution in [-0.4, -0.2) is 43.7 Å². The number of carbonyl (C=O) groups is 1. The third-order valence-corrected chi connectivity index (χ3v) is 2.52. The number of hydrogen-bond acceptors (Lipinski definition) is 4. The molecule has 0 fully saturated rings. The zero-order valence-electron chi connectivity index (χ0n) is 11.1. The van der Waals surface area contributed by atoms with Gasteiger partial charge in [-0.1, -0.05) is 0 Å². The summed E-state index contributed by atoms with van der Waals surface area (Å²) >= 11 is 0. The van der Waals surface area contributed by atoms with E-state index in [0.717, 1.165) is 0 Å². The molecular formula is C13H19NO4. The minimum Gasteiger partial charge on any atom is -0.497 e. The Labute approximate surface area is 107 Å². The fraction of sp³-hybridized carbons (Fsp3) is 0.462. The van der Waals surface area contributed by atoms with E-state index in [4.69, 9.17) is 9.47 Å². The first-order chi connectivity index (χ1) is 8.45. The van der Waals surface area contributed by atoms with Gasteiger partial charge in [-0.15, -0.1) is 0 Å². The van der Waals surface area contributed by atoms with Crippen molar-refractivity contribution in [2.24, 2.45) is 0 Å². The van der Waals surface area contributed by atoms with Crippen LogP contribution >= 0.6 is 0 Å². The molecule has 0 saturated heterocycles. The minimum absolute atomic E-state index is 0.0696. The van der Waals surface area contributed by atoms with Gasteiger partial charge in [-0.2, -0.15) is 0 Å². The number of likely N-dealkylation sites (N-methyl/N-ethyl adjacent to an activating group) is 1. The number of carbonyl (C=O) groups excluding carboxylic acids is 1. The van der Waals surface area contributed by atoms with E-state index in [2.05, 4.69) is 0 Å². The highest BCUT2D eigenvalue weighted by molar-refractivity contribution is 5.77. The van der Waals surface area contributed by atoms with Crippen LogP contribution in [0, 0.1) is 0 Å². The van der Waals surface area contributed by atoms with E-state index in [-0.39, 0.29) is 12.5 Å². The van der Waals surface area contributed by atoms with E-state index in [1.165, 1.54) is 4.90 Å². The number of rotatable bonds is 5. The van der Waals surface area contributed by atoms with Gasteiger partial charge >= 0.3 is 0 Å². The molecule has 0 saturated carbocycles. The van der Waals surface area contributed by atoms with Crippen molar-refractivity contribution >= 4 is 5.91 Å². The first kappa shape index (κ1) is 14.3. The molecule has 1 aromatic carbocycles. The van der Waals surface area contributed by atoms with Crippen LogP contribution in [0.4, 0.5) is 0 Å². The monoisotopic (exact) mass is 253 g/mol. The van der Waals surface area contributed by atoms with Gasteiger partial charge in [0, 0.05) is 25.7 Å². The van der Waals surface area contributed by atoms with E-state index < -0.39 is 6.10 Å². The maximum atomic E-state index is 11.5. The normalized spacial score (nSPS) is 11.8. The molecule has 1 rings (SSSR count). The molecule has 0 aliphatic carbocycles. The number of aliphatic hydroxyl groups is 1. The summed E-state index contributed by atoms with van der Waals surface area (Å²) in [5.41, 5.74) is 0.627. The van der Waals surface area contributed by atoms with Crippen LogP contribution in [0.5, 0.6) is 11.5 Å². The van der Waals surface area contributed by atoms with Gasteiger partial charge in [0.05, 0.1) is 13.2 Å². The van der Waals surface area contributed by atoms with E-state index in [1.54, 1.807) is 46.3 Å². The Morgan fingerprint density at radius 1 is 1.44 bits per heavy atom. The van der Waals surface area contributed by atoms with Crippen LogP contribution in [0.15, 0.2) is 18.2 Å². The third-order valence-electron chi connectivity index (χ3n) is 2.52. The lowest BCUT2D eigenvalue weighted by Gasteiger charge is -2.16. The van der Waals surface area contributed by atoms with Crippen LogP contribution in [-0.2, 0) is 4.79 Å². The molecule has 0 aromatic heterocycles. The second-order valence-electron chi connectivity index (χ2n) is 4.16. The van der Waals surface area contributed by atoms with Gasteiger partial charge in [0.1, 0.15) is 11.5 Å². The number of hydrogen-bond donors (Lipinski definition) is 1. The summed E-state index contributed by atoms with van der Waals surface area (Å²) in [6.45, 7) is 1.57. The average Bonchev–Trinajstić information content (AvgIpc) is 2.34. The Morgan fingerprint density at radius 3 is 2.61 bits per heavy atom. The molecule has 0 bridgehead atoms. The zero-order chi connectivity index (χ0) is 13.7. The molecule has 5 heteroatoms. The maximum absolute atomic E-state index is 11.5. The minimum atomic E-state index is -0.666. The van der Waals surface area contributed by atoms with Crippen LogP contribution < -0.4 is 9.47 Å². The Hall–Kier alpha value is -1.75. The molecule has 0 unspecified atom stereocenters. The number of nitrogens with zero attached hydrogens (tertiary/aromatic N) is 1. The van der Waals surface area contributed by atoms with Gasteiger partial charge in [0.2, 0.25) is 0 Å². The molecule has 1 atom stereocenters. The molecule has 1 N–H and O–H groups in total. The predicted octanol–water partition coefficient (Wildman–Crippen LogP) is 1.22. The summed E-state index contributed by atoms with van der Waals surface area (Å²) in [5, 5.41) is 9.63. The highest BCUT2D eigenvalue weighted by atomic mass is 16.5. The molecule has 0 aliphatic heterocycles. The number of benzene rings is 1. The van der Waals surface area contributed by atoms with Crippen molar-refractivity contribution in [2.75, 3.05) is 27.8 Å². The molecule has 1 aromatic rings. The highest BCUT2D eigenvalue weighted by Gasteiger charge is 2.12. The maximum Gasteiger partial charge on any atom is 0.259 e. The molecule has 0 heterocycles. The van der Waals surface area contributed by atoms with Gasteiger partial charge in [-0.3, -0.25) is 4.79 Å². The molecule has 0 radical (unpaired) electrons. The molecule has 0 aliphatic rings. The Balaban J connectivity index is 2.87. The molecular weight excluding hydrogens is 234 g/mol. The first-order valence-electron chi connectivity index (χ1n) is 5.64. The summed E-state index contributed by atoms with van der Waals surface area (Å²) < 4.78 is 10.5. The fourth-order valence-electron chi connectivity index (χ4n) is 1.38. The summed E-state index contributed by atoms with van der Waals surface area (Å²) in [6.07, 6.45) is -0.666. The zero-order valence-corrected chi connectivity index (χ0v) is 11.1. The van der Waals surface area contributed by atoms with Crippen molar-refractivity contribution in [1.29, 1.82) is 0 Å². The van der Waals surface area contributed by atoms with Crippen molar-refractivity contribution in [1.82, 2.24) is 4.90 Å². The van der Waals surface area contributed by atoms with E-state index in [0.29, 0.717) is 17.1 Å². The standard InChI is InChI=1S/C13H19NO4/c1-9(15)11-6-5-10(17-4)7-12(11)18-8-13(16)14(2)3/h5-7,9,15H,8H2,1-4H3/t9-/m0/s1. The SMILES string of the molecule is COc1ccc([C@H](C)O)c(OCC(=O)N(C)C)c1. The quantitative estimate of drug-likeness (QED) is 0.857. The Kier molecular flexibility index (Phi) is 4.97. The fourth-order valence-corrected chi connectivity index (χ4v) is 1.38. The van der Waals surface area contributed by atoms with Crippen LogP contribution in [0.2, 0.25) is 0 Å². The second-order valence-corrected chi connectivity index (χ2v) is 4.16. The molecule has 1 amide bonds. The second kappa shape index (κ2) is 6.26. The predicted molar refractivity (Wildman–Crippen MR) is 67.8 cm³/mol. The van der Waals surface area contributed by atoms with Gasteiger partial charge in [-0.25, -0.2) is 0 Å². The summed E-state index contributed by atoms with van der Waals surface area (Å²) in [5.74, 6) is 0.931. The smallest absolute Gasteiger partial charge is 0.259 e. The lowest BCUT2D eigenvalue weighted by molar-refractivity contribution is -0.130. The van der Waals surface area contributed by atoms with E-state index in [9.17, 15) is 9.90 Å². The van der Waals surface area contributed by atoms with Crippen molar-refractivity contribution in [3.63, 3.8) is 0 Å². The Bertz CT molecular complexity index is 415. The molecule has 5 nitrogen and oxygen atoms in total. The van der Waals surface area contributed by atoms with E-state index in [1.807, 2.05) is 0 Å². The Morgan fingerprint density at radius 2 is 2.11 bits per heavy atom. The molecule has 100 valence electrons. The van der Waals surface area contributed by atoms with Gasteiger partial charge in [-0.05, 0) is 19.1 Å². The summed E-state index contributed by atoms with van der Waals surface area (Å²) in [7, 11) is 4.87. The largest absolute Gasteiger partial charge is 0.497 e. The average molecular weight is 253 g/mol. The number of aliphatic hydroxyl groups excluding tert-OH is 1. The molecule has 18 heavy (non-hydrogen) atoms. The number of amides is 1. The van der Waals surface area contributed by atoms with Crippen LogP contribution in [0.25, 0.3) is 0 Å². The van der Waals surface area contributed by atoms with Crippen LogP contribution in [0.3, 0.4) is 0 Å². The van der Waals surface area contributed by atoms with Crippen LogP contribution in [0.1, 0.15) is 18.6 Å². The van der Waals surface area contributed by atoms with Crippen molar-refractivity contribution < 1.29 is 19.4 Å². The van der Waals surface area contributed by atoms with Crippen molar-refractivity contribution in [3.8, 4) is 11.5 Å². The van der Waals surface area contributed by atoms with Gasteiger partial charge in [0.15, 0.2) is 6.61 Å². The van der Waals surface area contributed by atoms with Crippen molar-refractivity contribution in [3.05, 3.63) is 23.8 Å². The number of ether oxygens (including phenoxy) is 2. The lowest BCUT2D eigenvalue weighted by Crippen LogP contribution is -2.27. The summed E-state index contributed by atoms with van der Waals surface area (Å²) in [4.78, 5) is 12.9. The van der Waals surface area contributed by atoms with Crippen molar-refractivity contribution in [2.45, 2.75) is 13.0 Å². The third kappa shape index (κ3) is 3.63.